The molecule has 0 bridgehead atoms. The first-order valence-electron chi connectivity index (χ1n) is 7.30. The van der Waals surface area contributed by atoms with E-state index in [1.54, 1.807) is 6.07 Å². The largest absolute Gasteiger partial charge is 0.421 e. The van der Waals surface area contributed by atoms with Crippen LogP contribution in [0, 0.1) is 5.92 Å². The van der Waals surface area contributed by atoms with Gasteiger partial charge in [-0.3, -0.25) is 0 Å². The maximum absolute atomic E-state index is 13.4. The van der Waals surface area contributed by atoms with Crippen molar-refractivity contribution in [2.24, 2.45) is 5.92 Å². The lowest BCUT2D eigenvalue weighted by Crippen LogP contribution is -2.42. The lowest BCUT2D eigenvalue weighted by molar-refractivity contribution is -0.270. The molecule has 0 aliphatic rings. The summed E-state index contributed by atoms with van der Waals surface area (Å²) < 4.78 is 40.2. The molecule has 0 fully saturated rings. The van der Waals surface area contributed by atoms with Gasteiger partial charge in [-0.15, -0.1) is 0 Å². The molecule has 0 heterocycles. The van der Waals surface area contributed by atoms with E-state index in [1.165, 1.54) is 18.2 Å². The third-order valence-electron chi connectivity index (χ3n) is 3.98. The average molecular weight is 323 g/mol. The molecule has 0 radical (unpaired) electrons. The van der Waals surface area contributed by atoms with Gasteiger partial charge in [0.2, 0.25) is 0 Å². The van der Waals surface area contributed by atoms with Gasteiger partial charge in [0.1, 0.15) is 0 Å². The first kappa shape index (κ1) is 18.3. The van der Waals surface area contributed by atoms with Gasteiger partial charge >= 0.3 is 6.18 Å². The van der Waals surface area contributed by atoms with Crippen molar-refractivity contribution in [3.8, 4) is 0 Å². The molecule has 0 spiro atoms. The van der Waals surface area contributed by atoms with Crippen LogP contribution in [0.2, 0.25) is 5.02 Å². The lowest BCUT2D eigenvalue weighted by atomic mass is 9.83. The summed E-state index contributed by atoms with van der Waals surface area (Å²) >= 11 is 5.87. The standard InChI is InChI=1S/C16H22ClF3O/c1-3-7-12(4-2)10-11-15(21,16(18,19)20)13-8-5-6-9-14(13)17/h5-6,8-9,12,21H,3-4,7,10-11H2,1-2H3. The maximum Gasteiger partial charge on any atom is 0.421 e. The Hall–Kier alpha value is -0.740. The Morgan fingerprint density at radius 1 is 1.14 bits per heavy atom. The quantitative estimate of drug-likeness (QED) is 0.683. The van der Waals surface area contributed by atoms with Gasteiger partial charge in [-0.2, -0.15) is 13.2 Å². The van der Waals surface area contributed by atoms with Gasteiger partial charge in [-0.1, -0.05) is 62.9 Å². The fourth-order valence-electron chi connectivity index (χ4n) is 2.60. The highest BCUT2D eigenvalue weighted by atomic mass is 35.5. The lowest BCUT2D eigenvalue weighted by Gasteiger charge is -2.33. The van der Waals surface area contributed by atoms with Crippen molar-refractivity contribution in [2.45, 2.75) is 57.7 Å². The number of rotatable bonds is 7. The van der Waals surface area contributed by atoms with Crippen LogP contribution in [0.1, 0.15) is 51.5 Å². The minimum Gasteiger partial charge on any atom is -0.376 e. The number of alkyl halides is 3. The monoisotopic (exact) mass is 322 g/mol. The van der Waals surface area contributed by atoms with Crippen LogP contribution in [0.4, 0.5) is 13.2 Å². The van der Waals surface area contributed by atoms with Gasteiger partial charge in [-0.25, -0.2) is 0 Å². The normalized spacial score (nSPS) is 16.5. The Labute approximate surface area is 129 Å². The molecule has 1 rings (SSSR count). The fourth-order valence-corrected chi connectivity index (χ4v) is 2.89. The molecule has 2 unspecified atom stereocenters. The molecule has 0 amide bonds. The summed E-state index contributed by atoms with van der Waals surface area (Å²) in [5.74, 6) is 0.186. The Balaban J connectivity index is 3.04. The van der Waals surface area contributed by atoms with Crippen LogP contribution >= 0.6 is 11.6 Å². The highest BCUT2D eigenvalue weighted by Gasteiger charge is 2.55. The molecule has 1 nitrogen and oxygen atoms in total. The third kappa shape index (κ3) is 4.36. The second kappa shape index (κ2) is 7.50. The van der Waals surface area contributed by atoms with Crippen molar-refractivity contribution in [1.29, 1.82) is 0 Å². The number of benzene rings is 1. The van der Waals surface area contributed by atoms with Crippen LogP contribution in [0.3, 0.4) is 0 Å². The van der Waals surface area contributed by atoms with Crippen molar-refractivity contribution in [3.63, 3.8) is 0 Å². The first-order valence-corrected chi connectivity index (χ1v) is 7.68. The molecule has 120 valence electrons. The van der Waals surface area contributed by atoms with Crippen LogP contribution in [-0.2, 0) is 5.60 Å². The molecule has 0 saturated carbocycles. The first-order chi connectivity index (χ1) is 9.76. The number of halogens is 4. The summed E-state index contributed by atoms with van der Waals surface area (Å²) in [4.78, 5) is 0. The van der Waals surface area contributed by atoms with Gasteiger partial charge in [0.05, 0.1) is 0 Å². The molecule has 0 aromatic heterocycles. The van der Waals surface area contributed by atoms with Gasteiger partial charge in [0, 0.05) is 10.6 Å². The van der Waals surface area contributed by atoms with Crippen molar-refractivity contribution in [3.05, 3.63) is 34.9 Å². The Kier molecular flexibility index (Phi) is 6.54. The fraction of sp³-hybridized carbons (Fsp3) is 0.625. The average Bonchev–Trinajstić information content (AvgIpc) is 2.42. The van der Waals surface area contributed by atoms with Gasteiger partial charge in [-0.05, 0) is 24.8 Å². The van der Waals surface area contributed by atoms with E-state index in [4.69, 9.17) is 11.6 Å². The molecule has 0 saturated heterocycles. The molecular formula is C16H22ClF3O. The van der Waals surface area contributed by atoms with Crippen LogP contribution in [0.25, 0.3) is 0 Å². The van der Waals surface area contributed by atoms with E-state index in [-0.39, 0.29) is 22.9 Å². The zero-order chi connectivity index (χ0) is 16.1. The van der Waals surface area contributed by atoms with E-state index in [0.717, 1.165) is 19.3 Å². The molecule has 2 atom stereocenters. The summed E-state index contributed by atoms with van der Waals surface area (Å²) in [6.45, 7) is 3.97. The predicted octanol–water partition coefficient (Wildman–Crippen LogP) is 5.70. The third-order valence-corrected chi connectivity index (χ3v) is 4.31. The Bertz CT molecular complexity index is 447. The zero-order valence-electron chi connectivity index (χ0n) is 12.4. The van der Waals surface area contributed by atoms with E-state index in [2.05, 4.69) is 0 Å². The maximum atomic E-state index is 13.4. The Morgan fingerprint density at radius 2 is 1.76 bits per heavy atom. The molecule has 5 heteroatoms. The molecule has 1 aromatic carbocycles. The van der Waals surface area contributed by atoms with Gasteiger partial charge in [0.15, 0.2) is 5.60 Å². The van der Waals surface area contributed by atoms with Crippen molar-refractivity contribution in [2.75, 3.05) is 0 Å². The summed E-state index contributed by atoms with van der Waals surface area (Å²) in [5, 5.41) is 10.2. The molecule has 0 aliphatic heterocycles. The second-order valence-corrected chi connectivity index (χ2v) is 5.85. The summed E-state index contributed by atoms with van der Waals surface area (Å²) in [6, 6.07) is 5.63. The summed E-state index contributed by atoms with van der Waals surface area (Å²) in [5.41, 5.74) is -3.14. The molecule has 1 N–H and O–H groups in total. The number of aliphatic hydroxyl groups is 1. The van der Waals surface area contributed by atoms with E-state index < -0.39 is 11.8 Å². The summed E-state index contributed by atoms with van der Waals surface area (Å²) in [7, 11) is 0. The zero-order valence-corrected chi connectivity index (χ0v) is 13.1. The van der Waals surface area contributed by atoms with Gasteiger partial charge < -0.3 is 5.11 Å². The van der Waals surface area contributed by atoms with Crippen molar-refractivity contribution in [1.82, 2.24) is 0 Å². The topological polar surface area (TPSA) is 20.2 Å². The highest BCUT2D eigenvalue weighted by Crippen LogP contribution is 2.45. The SMILES string of the molecule is CCCC(CC)CCC(O)(c1ccccc1Cl)C(F)(F)F. The number of hydrogen-bond donors (Lipinski definition) is 1. The molecule has 21 heavy (non-hydrogen) atoms. The van der Waals surface area contributed by atoms with E-state index in [9.17, 15) is 18.3 Å². The van der Waals surface area contributed by atoms with E-state index in [1.807, 2.05) is 13.8 Å². The summed E-state index contributed by atoms with van der Waals surface area (Å²) in [6.07, 6.45) is -2.18. The Morgan fingerprint density at radius 3 is 2.24 bits per heavy atom. The van der Waals surface area contributed by atoms with Gasteiger partial charge in [0.25, 0.3) is 0 Å². The van der Waals surface area contributed by atoms with Crippen LogP contribution < -0.4 is 0 Å². The number of hydrogen-bond acceptors (Lipinski definition) is 1. The van der Waals surface area contributed by atoms with E-state index >= 15 is 0 Å². The molecular weight excluding hydrogens is 301 g/mol. The second-order valence-electron chi connectivity index (χ2n) is 5.44. The van der Waals surface area contributed by atoms with Crippen molar-refractivity contribution >= 4 is 11.6 Å². The minimum absolute atomic E-state index is 0.0548. The van der Waals surface area contributed by atoms with Crippen LogP contribution in [-0.4, -0.2) is 11.3 Å². The van der Waals surface area contributed by atoms with Crippen LogP contribution in [0.15, 0.2) is 24.3 Å². The predicted molar refractivity (Wildman–Crippen MR) is 79.3 cm³/mol. The minimum atomic E-state index is -4.75. The van der Waals surface area contributed by atoms with E-state index in [0.29, 0.717) is 6.42 Å². The smallest absolute Gasteiger partial charge is 0.376 e. The highest BCUT2D eigenvalue weighted by molar-refractivity contribution is 6.31. The van der Waals surface area contributed by atoms with Crippen LogP contribution in [0.5, 0.6) is 0 Å². The molecule has 0 aliphatic carbocycles. The molecule has 1 aromatic rings. The van der Waals surface area contributed by atoms with Crippen molar-refractivity contribution < 1.29 is 18.3 Å².